The molecule has 1 aliphatic heterocycles. The van der Waals surface area contributed by atoms with Crippen molar-refractivity contribution in [2.75, 3.05) is 13.1 Å². The zero-order valence-corrected chi connectivity index (χ0v) is 17.4. The molecule has 1 aromatic heterocycles. The topological polar surface area (TPSA) is 99.2 Å². The van der Waals surface area contributed by atoms with E-state index < -0.39 is 18.2 Å². The highest BCUT2D eigenvalue weighted by atomic mass is 19.4. The van der Waals surface area contributed by atoms with E-state index in [0.29, 0.717) is 23.9 Å². The van der Waals surface area contributed by atoms with Crippen LogP contribution in [0.2, 0.25) is 0 Å². The van der Waals surface area contributed by atoms with Gasteiger partial charge in [0.2, 0.25) is 0 Å². The van der Waals surface area contributed by atoms with E-state index >= 15 is 0 Å². The Balaban J connectivity index is 0.000000312. The maximum Gasteiger partial charge on any atom is 0.575 e. The van der Waals surface area contributed by atoms with E-state index in [1.165, 1.54) is 18.4 Å². The molecule has 3 N–H and O–H groups in total. The van der Waals surface area contributed by atoms with Crippen LogP contribution in [-0.4, -0.2) is 41.1 Å². The van der Waals surface area contributed by atoms with Crippen molar-refractivity contribution in [2.45, 2.75) is 32.0 Å². The minimum absolute atomic E-state index is 0.453. The Morgan fingerprint density at radius 2 is 1.91 bits per heavy atom. The van der Waals surface area contributed by atoms with Gasteiger partial charge in [-0.05, 0) is 49.1 Å². The summed E-state index contributed by atoms with van der Waals surface area (Å²) in [5.41, 5.74) is 8.88. The predicted molar refractivity (Wildman–Crippen MR) is 112 cm³/mol. The Bertz CT molecular complexity index is 1090. The van der Waals surface area contributed by atoms with Gasteiger partial charge in [-0.2, -0.15) is 5.10 Å². The number of rotatable bonds is 3. The van der Waals surface area contributed by atoms with Gasteiger partial charge in [0, 0.05) is 25.1 Å². The van der Waals surface area contributed by atoms with Crippen molar-refractivity contribution in [1.29, 1.82) is 0 Å². The van der Waals surface area contributed by atoms with Crippen LogP contribution in [0.3, 0.4) is 0 Å². The van der Waals surface area contributed by atoms with E-state index in [-0.39, 0.29) is 0 Å². The molecule has 0 bridgehead atoms. The first kappa shape index (κ1) is 23.3. The number of carbonyl (C=O) groups excluding carboxylic acids is 2. The zero-order valence-electron chi connectivity index (χ0n) is 17.4. The summed E-state index contributed by atoms with van der Waals surface area (Å²) in [7, 11) is 0. The van der Waals surface area contributed by atoms with Gasteiger partial charge in [0.1, 0.15) is 5.52 Å². The van der Waals surface area contributed by atoms with E-state index in [1.54, 1.807) is 10.7 Å². The fourth-order valence-corrected chi connectivity index (χ4v) is 3.58. The molecule has 1 amide bonds. The number of nitrogens with two attached hydrogens (primary N) is 1. The molecule has 0 spiro atoms. The highest BCUT2D eigenvalue weighted by Crippen LogP contribution is 2.25. The molecule has 0 unspecified atom stereocenters. The molecule has 2 aromatic carbocycles. The third kappa shape index (κ3) is 6.07. The van der Waals surface area contributed by atoms with Crippen LogP contribution in [-0.2, 0) is 9.53 Å². The molecule has 4 rings (SSSR count). The van der Waals surface area contributed by atoms with Crippen LogP contribution in [0.4, 0.5) is 13.2 Å². The molecular formula is C22H23F3N4O3. The molecule has 7 nitrogen and oxygen atoms in total. The molecule has 1 fully saturated rings. The summed E-state index contributed by atoms with van der Waals surface area (Å²) in [6, 6.07) is 14.0. The number of amides is 1. The number of alkyl halides is 3. The Kier molecular flexibility index (Phi) is 7.14. The van der Waals surface area contributed by atoms with Crippen LogP contribution in [0, 0.1) is 0 Å². The van der Waals surface area contributed by atoms with Gasteiger partial charge in [0.05, 0.1) is 11.3 Å². The monoisotopic (exact) mass is 448 g/mol. The number of hydrogen-bond acceptors (Lipinski definition) is 5. The number of esters is 1. The molecule has 1 aliphatic rings. The number of hydrogen-bond donors (Lipinski definition) is 2. The van der Waals surface area contributed by atoms with Crippen LogP contribution in [0.1, 0.15) is 41.6 Å². The number of primary amides is 1. The van der Waals surface area contributed by atoms with Crippen molar-refractivity contribution in [1.82, 2.24) is 15.1 Å². The van der Waals surface area contributed by atoms with E-state index in [1.807, 2.05) is 18.3 Å². The van der Waals surface area contributed by atoms with Gasteiger partial charge in [-0.25, -0.2) is 4.68 Å². The molecule has 1 saturated heterocycles. The second-order valence-electron chi connectivity index (χ2n) is 7.36. The van der Waals surface area contributed by atoms with E-state index in [2.05, 4.69) is 39.4 Å². The number of benzene rings is 2. The Hall–Kier alpha value is -3.40. The number of aromatic nitrogens is 2. The van der Waals surface area contributed by atoms with E-state index in [9.17, 15) is 22.8 Å². The molecule has 0 saturated carbocycles. The summed E-state index contributed by atoms with van der Waals surface area (Å²) < 4.78 is 37.2. The Morgan fingerprint density at radius 1 is 1.19 bits per heavy atom. The van der Waals surface area contributed by atoms with Crippen molar-refractivity contribution in [3.05, 3.63) is 59.8 Å². The first-order valence-corrected chi connectivity index (χ1v) is 9.99. The van der Waals surface area contributed by atoms with Crippen LogP contribution in [0.15, 0.2) is 48.7 Å². The molecule has 170 valence electrons. The zero-order chi connectivity index (χ0) is 23.3. The SMILES string of the molecule is CC(=O)OC(F)(F)F.NC(=O)c1cccc2cn(-c3ccc([C@@H]4CCCNC4)cc3)nc12. The lowest BCUT2D eigenvalue weighted by molar-refractivity contribution is -0.304. The predicted octanol–water partition coefficient (Wildman–Crippen LogP) is 3.66. The van der Waals surface area contributed by atoms with Crippen molar-refractivity contribution in [3.63, 3.8) is 0 Å². The summed E-state index contributed by atoms with van der Waals surface area (Å²) in [5.74, 6) is -1.21. The van der Waals surface area contributed by atoms with E-state index in [0.717, 1.165) is 24.2 Å². The van der Waals surface area contributed by atoms with Crippen LogP contribution in [0.5, 0.6) is 0 Å². The highest BCUT2D eigenvalue weighted by molar-refractivity contribution is 6.04. The lowest BCUT2D eigenvalue weighted by Crippen LogP contribution is -2.28. The van der Waals surface area contributed by atoms with Gasteiger partial charge < -0.3 is 15.8 Å². The van der Waals surface area contributed by atoms with Gasteiger partial charge in [0.25, 0.3) is 5.91 Å². The number of ether oxygens (including phenoxy) is 1. The molecule has 32 heavy (non-hydrogen) atoms. The second kappa shape index (κ2) is 9.82. The largest absolute Gasteiger partial charge is 0.575 e. The Morgan fingerprint density at radius 3 is 2.44 bits per heavy atom. The van der Waals surface area contributed by atoms with Crippen molar-refractivity contribution in [2.24, 2.45) is 5.73 Å². The third-order valence-electron chi connectivity index (χ3n) is 4.99. The first-order valence-electron chi connectivity index (χ1n) is 9.99. The number of nitrogens with one attached hydrogen (secondary N) is 1. The van der Waals surface area contributed by atoms with Gasteiger partial charge in [-0.3, -0.25) is 9.59 Å². The Labute approximate surface area is 182 Å². The molecule has 10 heteroatoms. The lowest BCUT2D eigenvalue weighted by atomic mass is 9.92. The molecular weight excluding hydrogens is 425 g/mol. The smallest absolute Gasteiger partial charge is 0.373 e. The quantitative estimate of drug-likeness (QED) is 0.596. The van der Waals surface area contributed by atoms with Gasteiger partial charge in [-0.15, -0.1) is 13.2 Å². The molecule has 0 aliphatic carbocycles. The van der Waals surface area contributed by atoms with Gasteiger partial charge >= 0.3 is 12.3 Å². The van der Waals surface area contributed by atoms with Crippen molar-refractivity contribution < 1.29 is 27.5 Å². The summed E-state index contributed by atoms with van der Waals surface area (Å²) in [4.78, 5) is 21.1. The number of halogens is 3. The number of fused-ring (bicyclic) bond motifs is 1. The standard InChI is InChI=1S/C19H20N4O.C3H3F3O2/c20-19(24)17-5-1-3-15-12-23(22-18(15)17)16-8-6-13(7-9-16)14-4-2-10-21-11-14;1-2(7)8-3(4,5)6/h1,3,5-9,12,14,21H,2,4,10-11H2,(H2,20,24);1H3/t14-;/m1./s1. The van der Waals surface area contributed by atoms with Crippen molar-refractivity contribution in [3.8, 4) is 5.69 Å². The average Bonchev–Trinajstić information content (AvgIpc) is 3.17. The highest BCUT2D eigenvalue weighted by Gasteiger charge is 2.32. The molecule has 1 atom stereocenters. The maximum absolute atomic E-state index is 11.5. The maximum atomic E-state index is 11.5. The second-order valence-corrected chi connectivity index (χ2v) is 7.36. The fraction of sp³-hybridized carbons (Fsp3) is 0.318. The summed E-state index contributed by atoms with van der Waals surface area (Å²) in [5, 5.41) is 8.91. The van der Waals surface area contributed by atoms with Gasteiger partial charge in [-0.1, -0.05) is 24.3 Å². The normalized spacial score (nSPS) is 16.2. The fourth-order valence-electron chi connectivity index (χ4n) is 3.58. The first-order chi connectivity index (χ1) is 15.1. The van der Waals surface area contributed by atoms with Crippen LogP contribution < -0.4 is 11.1 Å². The summed E-state index contributed by atoms with van der Waals surface area (Å²) in [6.07, 6.45) is -0.433. The average molecular weight is 448 g/mol. The van der Waals surface area contributed by atoms with E-state index in [4.69, 9.17) is 5.73 Å². The summed E-state index contributed by atoms with van der Waals surface area (Å²) in [6.45, 7) is 2.86. The van der Waals surface area contributed by atoms with Crippen molar-refractivity contribution >= 4 is 22.8 Å². The minimum Gasteiger partial charge on any atom is -0.373 e. The molecule has 3 aromatic rings. The van der Waals surface area contributed by atoms with Gasteiger partial charge in [0.15, 0.2) is 0 Å². The van der Waals surface area contributed by atoms with Crippen LogP contribution >= 0.6 is 0 Å². The summed E-state index contributed by atoms with van der Waals surface area (Å²) >= 11 is 0. The molecule has 2 heterocycles. The number of nitrogens with zero attached hydrogens (tertiary/aromatic N) is 2. The van der Waals surface area contributed by atoms with Crippen LogP contribution in [0.25, 0.3) is 16.6 Å². The number of carbonyl (C=O) groups is 2. The molecule has 0 radical (unpaired) electrons. The third-order valence-corrected chi connectivity index (χ3v) is 4.99. The number of piperidine rings is 1. The minimum atomic E-state index is -4.83. The lowest BCUT2D eigenvalue weighted by Gasteiger charge is -2.23.